The van der Waals surface area contributed by atoms with Gasteiger partial charge < -0.3 is 0 Å². The molecule has 0 atom stereocenters. The van der Waals surface area contributed by atoms with Crippen molar-refractivity contribution in [3.05, 3.63) is 160 Å². The average molecular weight is 506 g/mol. The van der Waals surface area contributed by atoms with Gasteiger partial charge in [0.25, 0.3) is 0 Å². The molecule has 5 rings (SSSR count). The predicted octanol–water partition coefficient (Wildman–Crippen LogP) is 8.73. The van der Waals surface area contributed by atoms with Gasteiger partial charge in [-0.05, 0) is 60.7 Å². The van der Waals surface area contributed by atoms with E-state index in [1.165, 1.54) is 0 Å². The van der Waals surface area contributed by atoms with Crippen LogP contribution in [-0.4, -0.2) is 16.4 Å². The summed E-state index contributed by atoms with van der Waals surface area (Å²) < 4.78 is 0. The van der Waals surface area contributed by atoms with Crippen LogP contribution in [0.2, 0.25) is 10.0 Å². The summed E-state index contributed by atoms with van der Waals surface area (Å²) in [6.07, 6.45) is 0. The van der Waals surface area contributed by atoms with Crippen LogP contribution in [0.1, 0.15) is 22.5 Å². The highest BCUT2D eigenvalue weighted by molar-refractivity contribution is 6.31. The van der Waals surface area contributed by atoms with E-state index in [0.717, 1.165) is 45.3 Å². The number of hydrogen-bond acceptors (Lipinski definition) is 3. The van der Waals surface area contributed by atoms with Gasteiger partial charge >= 0.3 is 0 Å². The van der Waals surface area contributed by atoms with Crippen molar-refractivity contribution in [3.63, 3.8) is 0 Å². The van der Waals surface area contributed by atoms with Crippen molar-refractivity contribution in [2.75, 3.05) is 0 Å². The van der Waals surface area contributed by atoms with E-state index >= 15 is 0 Å². The maximum absolute atomic E-state index is 6.09. The van der Waals surface area contributed by atoms with E-state index in [4.69, 9.17) is 38.2 Å². The Kier molecular flexibility index (Phi) is 7.32. The minimum Gasteiger partial charge on any atom is -0.246 e. The lowest BCUT2D eigenvalue weighted by Gasteiger charge is -2.11. The Morgan fingerprint density at radius 1 is 0.444 bits per heavy atom. The molecule has 0 aliphatic carbocycles. The molecule has 3 nitrogen and oxygen atoms in total. The molecule has 0 saturated carbocycles. The highest BCUT2D eigenvalue weighted by atomic mass is 35.5. The topological polar surface area (TPSA) is 37.6 Å². The zero-order valence-corrected chi connectivity index (χ0v) is 20.7. The zero-order chi connectivity index (χ0) is 24.7. The van der Waals surface area contributed by atoms with E-state index in [9.17, 15) is 0 Å². The molecule has 0 aliphatic rings. The van der Waals surface area contributed by atoms with E-state index in [1.54, 1.807) is 0 Å². The standard InChI is InChI=1S/C31H21Cl2N3/c32-24-14-18-26(19-15-24)34-30(22-8-3-1-4-9-22)28-12-7-13-29(36-28)31(23-10-5-2-6-11-23)35-27-20-16-25(33)17-21-27/h1-21H. The van der Waals surface area contributed by atoms with E-state index < -0.39 is 0 Å². The first-order valence-corrected chi connectivity index (χ1v) is 12.2. The summed E-state index contributed by atoms with van der Waals surface area (Å²) >= 11 is 12.2. The van der Waals surface area contributed by atoms with Crippen molar-refractivity contribution in [1.29, 1.82) is 0 Å². The molecule has 1 aromatic heterocycles. The van der Waals surface area contributed by atoms with E-state index in [-0.39, 0.29) is 0 Å². The van der Waals surface area contributed by atoms with Gasteiger partial charge in [0.05, 0.1) is 34.2 Å². The lowest BCUT2D eigenvalue weighted by atomic mass is 10.0. The average Bonchev–Trinajstić information content (AvgIpc) is 2.93. The largest absolute Gasteiger partial charge is 0.246 e. The molecule has 0 unspecified atom stereocenters. The second-order valence-electron chi connectivity index (χ2n) is 8.01. The molecule has 0 radical (unpaired) electrons. The van der Waals surface area contributed by atoms with E-state index in [1.807, 2.05) is 127 Å². The lowest BCUT2D eigenvalue weighted by Crippen LogP contribution is -2.11. The van der Waals surface area contributed by atoms with Crippen LogP contribution in [0, 0.1) is 0 Å². The fourth-order valence-electron chi connectivity index (χ4n) is 3.72. The fraction of sp³-hybridized carbons (Fsp3) is 0. The van der Waals surface area contributed by atoms with Crippen molar-refractivity contribution in [1.82, 2.24) is 4.98 Å². The zero-order valence-electron chi connectivity index (χ0n) is 19.2. The minimum absolute atomic E-state index is 0.668. The maximum Gasteiger partial charge on any atom is 0.0965 e. The van der Waals surface area contributed by atoms with Crippen LogP contribution in [0.25, 0.3) is 0 Å². The molecule has 5 heteroatoms. The van der Waals surface area contributed by atoms with Gasteiger partial charge in [0.2, 0.25) is 0 Å². The molecule has 0 fully saturated rings. The number of rotatable bonds is 6. The van der Waals surface area contributed by atoms with Crippen molar-refractivity contribution in [2.45, 2.75) is 0 Å². The van der Waals surface area contributed by atoms with Crippen molar-refractivity contribution < 1.29 is 0 Å². The number of benzene rings is 4. The Morgan fingerprint density at radius 2 is 0.833 bits per heavy atom. The molecule has 0 spiro atoms. The molecular weight excluding hydrogens is 485 g/mol. The summed E-state index contributed by atoms with van der Waals surface area (Å²) in [5, 5.41) is 1.34. The summed E-state index contributed by atoms with van der Waals surface area (Å²) in [5.74, 6) is 0. The van der Waals surface area contributed by atoms with Gasteiger partial charge in [0.15, 0.2) is 0 Å². The fourth-order valence-corrected chi connectivity index (χ4v) is 3.97. The van der Waals surface area contributed by atoms with Gasteiger partial charge in [-0.3, -0.25) is 0 Å². The number of halogens is 2. The Labute approximate surface area is 220 Å². The van der Waals surface area contributed by atoms with E-state index in [0.29, 0.717) is 10.0 Å². The molecule has 36 heavy (non-hydrogen) atoms. The lowest BCUT2D eigenvalue weighted by molar-refractivity contribution is 1.24. The SMILES string of the molecule is Clc1ccc(N=C(c2ccccc2)c2cccc(C(=Nc3ccc(Cl)cc3)c3ccccc3)n2)cc1. The Balaban J connectivity index is 1.65. The summed E-state index contributed by atoms with van der Waals surface area (Å²) in [7, 11) is 0. The van der Waals surface area contributed by atoms with Crippen molar-refractivity contribution >= 4 is 46.0 Å². The van der Waals surface area contributed by atoms with E-state index in [2.05, 4.69) is 0 Å². The van der Waals surface area contributed by atoms with Crippen LogP contribution in [-0.2, 0) is 0 Å². The Hall–Kier alpha value is -4.05. The van der Waals surface area contributed by atoms with Crippen LogP contribution < -0.4 is 0 Å². The van der Waals surface area contributed by atoms with Gasteiger partial charge in [0.1, 0.15) is 0 Å². The molecule has 0 N–H and O–H groups in total. The number of aliphatic imine (C=N–C) groups is 2. The Bertz CT molecular complexity index is 1400. The number of nitrogens with zero attached hydrogens (tertiary/aromatic N) is 3. The normalized spacial score (nSPS) is 11.9. The van der Waals surface area contributed by atoms with Crippen LogP contribution in [0.3, 0.4) is 0 Å². The van der Waals surface area contributed by atoms with Crippen LogP contribution in [0.4, 0.5) is 11.4 Å². The van der Waals surface area contributed by atoms with Gasteiger partial charge in [-0.25, -0.2) is 15.0 Å². The molecule has 0 amide bonds. The monoisotopic (exact) mass is 505 g/mol. The van der Waals surface area contributed by atoms with Crippen LogP contribution in [0.5, 0.6) is 0 Å². The number of hydrogen-bond donors (Lipinski definition) is 0. The third-order valence-corrected chi connectivity index (χ3v) is 5.97. The van der Waals surface area contributed by atoms with Crippen molar-refractivity contribution in [3.8, 4) is 0 Å². The smallest absolute Gasteiger partial charge is 0.0965 e. The molecule has 1 heterocycles. The second-order valence-corrected chi connectivity index (χ2v) is 8.89. The van der Waals surface area contributed by atoms with Crippen molar-refractivity contribution in [2.24, 2.45) is 9.98 Å². The van der Waals surface area contributed by atoms with Gasteiger partial charge in [-0.1, -0.05) is 89.9 Å². The quantitative estimate of drug-likeness (QED) is 0.212. The first-order chi connectivity index (χ1) is 17.7. The predicted molar refractivity (Wildman–Crippen MR) is 151 cm³/mol. The molecule has 0 saturated heterocycles. The van der Waals surface area contributed by atoms with Gasteiger partial charge in [-0.2, -0.15) is 0 Å². The molecule has 0 bridgehead atoms. The van der Waals surface area contributed by atoms with Crippen LogP contribution >= 0.6 is 23.2 Å². The number of aromatic nitrogens is 1. The highest BCUT2D eigenvalue weighted by Crippen LogP contribution is 2.23. The summed E-state index contributed by atoms with van der Waals surface area (Å²) in [4.78, 5) is 14.9. The molecule has 4 aromatic carbocycles. The highest BCUT2D eigenvalue weighted by Gasteiger charge is 2.14. The Morgan fingerprint density at radius 3 is 1.22 bits per heavy atom. The maximum atomic E-state index is 6.09. The van der Waals surface area contributed by atoms with Crippen LogP contribution in [0.15, 0.2) is 137 Å². The molecule has 0 aliphatic heterocycles. The third kappa shape index (κ3) is 5.77. The summed E-state index contributed by atoms with van der Waals surface area (Å²) in [6, 6.07) is 40.9. The molecular formula is C31H21Cl2N3. The minimum atomic E-state index is 0.668. The summed E-state index contributed by atoms with van der Waals surface area (Å²) in [6.45, 7) is 0. The second kappa shape index (κ2) is 11.1. The molecule has 5 aromatic rings. The number of pyridine rings is 1. The van der Waals surface area contributed by atoms with Gasteiger partial charge in [-0.15, -0.1) is 0 Å². The molecule has 174 valence electrons. The first kappa shape index (κ1) is 23.7. The third-order valence-electron chi connectivity index (χ3n) is 5.46. The first-order valence-electron chi connectivity index (χ1n) is 11.4. The van der Waals surface area contributed by atoms with Gasteiger partial charge in [0, 0.05) is 21.2 Å². The summed E-state index contributed by atoms with van der Waals surface area (Å²) in [5.41, 5.74) is 6.53.